The van der Waals surface area contributed by atoms with Crippen LogP contribution in [0.15, 0.2) is 24.3 Å². The molecule has 0 spiro atoms. The molecule has 0 atom stereocenters. The van der Waals surface area contributed by atoms with Crippen LogP contribution in [0.1, 0.15) is 24.0 Å². The number of likely N-dealkylation sites (N-methyl/N-ethyl adjacent to an activating group) is 1. The molecular weight excluding hydrogens is 184 g/mol. The number of benzene rings is 1. The second-order valence-electron chi connectivity index (χ2n) is 4.71. The summed E-state index contributed by atoms with van der Waals surface area (Å²) < 4.78 is 0. The minimum atomic E-state index is 0.308. The summed E-state index contributed by atoms with van der Waals surface area (Å²) in [5, 5.41) is 0. The quantitative estimate of drug-likeness (QED) is 0.812. The maximum absolute atomic E-state index is 5.82. The average Bonchev–Trinajstić information content (AvgIpc) is 3.02. The second-order valence-corrected chi connectivity index (χ2v) is 4.71. The number of hydrogen-bond acceptors (Lipinski definition) is 2. The lowest BCUT2D eigenvalue weighted by atomic mass is 10.1. The lowest BCUT2D eigenvalue weighted by molar-refractivity contribution is 0.218. The Bertz CT molecular complexity index is 342. The van der Waals surface area contributed by atoms with E-state index < -0.39 is 0 Å². The Kier molecular flexibility index (Phi) is 2.81. The summed E-state index contributed by atoms with van der Waals surface area (Å²) in [7, 11) is 2.19. The fourth-order valence-electron chi connectivity index (χ4n) is 2.10. The number of aryl methyl sites for hydroxylation is 1. The molecule has 1 aromatic carbocycles. The van der Waals surface area contributed by atoms with Gasteiger partial charge in [-0.2, -0.15) is 0 Å². The van der Waals surface area contributed by atoms with Crippen LogP contribution in [-0.2, 0) is 6.54 Å². The molecule has 15 heavy (non-hydrogen) atoms. The molecular formula is C13H20N2. The highest BCUT2D eigenvalue weighted by Crippen LogP contribution is 2.40. The van der Waals surface area contributed by atoms with Gasteiger partial charge >= 0.3 is 0 Å². The number of nitrogens with two attached hydrogens (primary N) is 1. The minimum Gasteiger partial charge on any atom is -0.329 e. The highest BCUT2D eigenvalue weighted by Gasteiger charge is 2.44. The van der Waals surface area contributed by atoms with E-state index in [1.54, 1.807) is 0 Å². The van der Waals surface area contributed by atoms with Crippen molar-refractivity contribution in [3.05, 3.63) is 35.4 Å². The molecule has 1 aliphatic rings. The topological polar surface area (TPSA) is 29.3 Å². The highest BCUT2D eigenvalue weighted by molar-refractivity contribution is 5.26. The van der Waals surface area contributed by atoms with Crippen molar-refractivity contribution in [3.8, 4) is 0 Å². The molecule has 0 heterocycles. The van der Waals surface area contributed by atoms with E-state index in [9.17, 15) is 0 Å². The SMILES string of the molecule is Cc1ccccc1CN(C)C1(CN)CC1. The summed E-state index contributed by atoms with van der Waals surface area (Å²) in [6.45, 7) is 3.98. The maximum atomic E-state index is 5.82. The van der Waals surface area contributed by atoms with Crippen molar-refractivity contribution in [2.45, 2.75) is 31.8 Å². The third-order valence-electron chi connectivity index (χ3n) is 3.69. The normalized spacial score (nSPS) is 18.1. The fraction of sp³-hybridized carbons (Fsp3) is 0.538. The van der Waals surface area contributed by atoms with E-state index in [0.717, 1.165) is 13.1 Å². The lowest BCUT2D eigenvalue weighted by Crippen LogP contribution is -2.39. The van der Waals surface area contributed by atoms with Gasteiger partial charge in [0, 0.05) is 18.6 Å². The molecule has 0 unspecified atom stereocenters. The van der Waals surface area contributed by atoms with Crippen LogP contribution in [0.3, 0.4) is 0 Å². The molecule has 0 radical (unpaired) electrons. The van der Waals surface area contributed by atoms with Crippen LogP contribution >= 0.6 is 0 Å². The first kappa shape index (κ1) is 10.7. The molecule has 0 saturated heterocycles. The van der Waals surface area contributed by atoms with Gasteiger partial charge < -0.3 is 5.73 Å². The Morgan fingerprint density at radius 2 is 2.00 bits per heavy atom. The van der Waals surface area contributed by atoms with Crippen molar-refractivity contribution in [1.29, 1.82) is 0 Å². The van der Waals surface area contributed by atoms with E-state index in [-0.39, 0.29) is 0 Å². The Morgan fingerprint density at radius 3 is 2.53 bits per heavy atom. The van der Waals surface area contributed by atoms with Gasteiger partial charge in [0.2, 0.25) is 0 Å². The van der Waals surface area contributed by atoms with Crippen LogP contribution in [0.2, 0.25) is 0 Å². The van der Waals surface area contributed by atoms with Crippen molar-refractivity contribution < 1.29 is 0 Å². The van der Waals surface area contributed by atoms with Crippen molar-refractivity contribution in [2.75, 3.05) is 13.6 Å². The van der Waals surface area contributed by atoms with Crippen LogP contribution in [-0.4, -0.2) is 24.0 Å². The van der Waals surface area contributed by atoms with E-state index in [2.05, 4.69) is 43.1 Å². The van der Waals surface area contributed by atoms with Gasteiger partial charge in [-0.3, -0.25) is 4.90 Å². The molecule has 2 heteroatoms. The number of hydrogen-bond donors (Lipinski definition) is 1. The van der Waals surface area contributed by atoms with E-state index in [0.29, 0.717) is 5.54 Å². The number of nitrogens with zero attached hydrogens (tertiary/aromatic N) is 1. The molecule has 2 nitrogen and oxygen atoms in total. The molecule has 2 rings (SSSR count). The van der Waals surface area contributed by atoms with Crippen LogP contribution in [0.5, 0.6) is 0 Å². The monoisotopic (exact) mass is 204 g/mol. The van der Waals surface area contributed by atoms with Gasteiger partial charge in [-0.05, 0) is 37.9 Å². The van der Waals surface area contributed by atoms with Crippen molar-refractivity contribution in [1.82, 2.24) is 4.90 Å². The first-order valence-electron chi connectivity index (χ1n) is 5.64. The van der Waals surface area contributed by atoms with Crippen LogP contribution in [0, 0.1) is 6.92 Å². The molecule has 2 N–H and O–H groups in total. The van der Waals surface area contributed by atoms with Gasteiger partial charge in [0.05, 0.1) is 0 Å². The van der Waals surface area contributed by atoms with Crippen molar-refractivity contribution >= 4 is 0 Å². The smallest absolute Gasteiger partial charge is 0.0333 e. The van der Waals surface area contributed by atoms with Crippen molar-refractivity contribution in [2.24, 2.45) is 5.73 Å². The molecule has 0 amide bonds. The summed E-state index contributed by atoms with van der Waals surface area (Å²) in [6, 6.07) is 8.58. The maximum Gasteiger partial charge on any atom is 0.0333 e. The standard InChI is InChI=1S/C13H20N2/c1-11-5-3-4-6-12(11)9-15(2)13(10-14)7-8-13/h3-6H,7-10,14H2,1-2H3. The summed E-state index contributed by atoms with van der Waals surface area (Å²) in [5.41, 5.74) is 8.92. The number of rotatable bonds is 4. The molecule has 0 bridgehead atoms. The molecule has 1 fully saturated rings. The van der Waals surface area contributed by atoms with Gasteiger partial charge in [0.25, 0.3) is 0 Å². The zero-order valence-electron chi connectivity index (χ0n) is 9.66. The highest BCUT2D eigenvalue weighted by atomic mass is 15.2. The van der Waals surface area contributed by atoms with E-state index in [1.165, 1.54) is 24.0 Å². The predicted molar refractivity (Wildman–Crippen MR) is 63.7 cm³/mol. The van der Waals surface area contributed by atoms with Gasteiger partial charge in [-0.25, -0.2) is 0 Å². The third kappa shape index (κ3) is 2.06. The first-order chi connectivity index (χ1) is 7.18. The summed E-state index contributed by atoms with van der Waals surface area (Å²) in [6.07, 6.45) is 2.51. The molecule has 82 valence electrons. The van der Waals surface area contributed by atoms with Gasteiger partial charge in [0.15, 0.2) is 0 Å². The minimum absolute atomic E-state index is 0.308. The molecule has 1 saturated carbocycles. The van der Waals surface area contributed by atoms with E-state index in [1.807, 2.05) is 0 Å². The molecule has 0 aromatic heterocycles. The van der Waals surface area contributed by atoms with Crippen LogP contribution in [0.4, 0.5) is 0 Å². The van der Waals surface area contributed by atoms with Crippen LogP contribution in [0.25, 0.3) is 0 Å². The Labute approximate surface area is 92.1 Å². The van der Waals surface area contributed by atoms with Crippen molar-refractivity contribution in [3.63, 3.8) is 0 Å². The van der Waals surface area contributed by atoms with Gasteiger partial charge in [0.1, 0.15) is 0 Å². The molecule has 1 aliphatic carbocycles. The fourth-order valence-corrected chi connectivity index (χ4v) is 2.10. The van der Waals surface area contributed by atoms with E-state index in [4.69, 9.17) is 5.73 Å². The predicted octanol–water partition coefficient (Wildman–Crippen LogP) is 1.92. The Hall–Kier alpha value is -0.860. The lowest BCUT2D eigenvalue weighted by Gasteiger charge is -2.27. The summed E-state index contributed by atoms with van der Waals surface area (Å²) in [4.78, 5) is 2.41. The van der Waals surface area contributed by atoms with E-state index >= 15 is 0 Å². The second kappa shape index (κ2) is 3.95. The Balaban J connectivity index is 2.06. The van der Waals surface area contributed by atoms with Gasteiger partial charge in [-0.1, -0.05) is 24.3 Å². The Morgan fingerprint density at radius 1 is 1.33 bits per heavy atom. The molecule has 1 aromatic rings. The van der Waals surface area contributed by atoms with Gasteiger partial charge in [-0.15, -0.1) is 0 Å². The summed E-state index contributed by atoms with van der Waals surface area (Å²) in [5.74, 6) is 0. The first-order valence-corrected chi connectivity index (χ1v) is 5.64. The third-order valence-corrected chi connectivity index (χ3v) is 3.69. The largest absolute Gasteiger partial charge is 0.329 e. The zero-order chi connectivity index (χ0) is 10.9. The average molecular weight is 204 g/mol. The van der Waals surface area contributed by atoms with Crippen LogP contribution < -0.4 is 5.73 Å². The summed E-state index contributed by atoms with van der Waals surface area (Å²) >= 11 is 0. The molecule has 0 aliphatic heterocycles. The zero-order valence-corrected chi connectivity index (χ0v) is 9.66.